The number of hydrogen-bond acceptors (Lipinski definition) is 14. The van der Waals surface area contributed by atoms with Crippen LogP contribution in [0, 0.1) is 5.41 Å². The summed E-state index contributed by atoms with van der Waals surface area (Å²) in [6.45, 7) is 19.5. The number of unbranched alkanes of at least 4 members (excludes halogenated alkanes) is 1. The maximum atomic E-state index is 13.7. The number of benzene rings is 1. The number of fused-ring (bicyclic) bond motifs is 1. The number of aryl methyl sites for hydroxylation is 1. The van der Waals surface area contributed by atoms with E-state index in [0.717, 1.165) is 18.4 Å². The molecule has 2 rings (SSSR count). The molecule has 62 heavy (non-hydrogen) atoms. The number of amides is 2. The number of hydrogen-bond donors (Lipinski definition) is 2. The number of carbonyl (C=O) groups is 2. The van der Waals surface area contributed by atoms with Crippen LogP contribution < -0.4 is 10.6 Å². The molecule has 1 aromatic heterocycles. The van der Waals surface area contributed by atoms with Gasteiger partial charge >= 0.3 is 0 Å². The summed E-state index contributed by atoms with van der Waals surface area (Å²) in [5.41, 5.74) is 17.4. The molecule has 21 nitrogen and oxygen atoms in total. The van der Waals surface area contributed by atoms with Crippen molar-refractivity contribution in [2.24, 2.45) is 15.6 Å². The smallest absolute Gasteiger partial charge is 0.273 e. The lowest BCUT2D eigenvalue weighted by molar-refractivity contribution is -0.125. The second-order valence-electron chi connectivity index (χ2n) is 14.4. The van der Waals surface area contributed by atoms with Crippen molar-refractivity contribution in [3.63, 3.8) is 0 Å². The molecule has 2 aromatic rings. The van der Waals surface area contributed by atoms with Crippen molar-refractivity contribution in [2.75, 3.05) is 145 Å². The quantitative estimate of drug-likeness (QED) is 0.0312. The summed E-state index contributed by atoms with van der Waals surface area (Å²) in [5.74, 6) is -0.946. The zero-order chi connectivity index (χ0) is 44.9. The van der Waals surface area contributed by atoms with E-state index in [0.29, 0.717) is 137 Å². The third-order valence-corrected chi connectivity index (χ3v) is 9.18. The Bertz CT molecular complexity index is 1620. The highest BCUT2D eigenvalue weighted by molar-refractivity contribution is 6.06. The molecular formula is C41H69N11O10. The maximum absolute atomic E-state index is 13.7. The second kappa shape index (κ2) is 35.1. The Morgan fingerprint density at radius 3 is 1.90 bits per heavy atom. The molecule has 21 heteroatoms. The van der Waals surface area contributed by atoms with Gasteiger partial charge < -0.3 is 48.5 Å². The number of para-hydroxylation sites is 1. The fourth-order valence-electron chi connectivity index (χ4n) is 5.83. The minimum absolute atomic E-state index is 0.0245. The number of azide groups is 2. The summed E-state index contributed by atoms with van der Waals surface area (Å²) in [6, 6.07) is 6.42. The standard InChI is InChI=1S/C41H69N11O10/c1-5-7-10-15-52-36-12-9-8-11-35(36)37(48-52)39(53)47-38(41(3,4)34-46-50-43)40(54)44-13-19-56-26-28-58-21-16-51(17-22-59-29-32-61-25-24-55-6-2)18-23-60-30-33-62-31-27-57-20-14-45-49-42/h5,8-9,11-12,38H,1,6-7,10,13-34H2,2-4H3,(H,44,54)(H,47,53)/t38-/m1/s1. The molecule has 0 saturated heterocycles. The molecule has 0 aliphatic carbocycles. The number of ether oxygens (including phenoxy) is 8. The highest BCUT2D eigenvalue weighted by atomic mass is 16.6. The molecule has 0 unspecified atom stereocenters. The average Bonchev–Trinajstić information content (AvgIpc) is 3.64. The summed E-state index contributed by atoms with van der Waals surface area (Å²) >= 11 is 0. The zero-order valence-corrected chi connectivity index (χ0v) is 37.0. The minimum atomic E-state index is -1.03. The summed E-state index contributed by atoms with van der Waals surface area (Å²) in [7, 11) is 0. The highest BCUT2D eigenvalue weighted by Crippen LogP contribution is 2.24. The van der Waals surface area contributed by atoms with Gasteiger partial charge in [0.05, 0.1) is 105 Å². The Morgan fingerprint density at radius 2 is 1.34 bits per heavy atom. The van der Waals surface area contributed by atoms with Crippen LogP contribution in [0.1, 0.15) is 44.1 Å². The number of aromatic nitrogens is 2. The van der Waals surface area contributed by atoms with E-state index in [-0.39, 0.29) is 25.4 Å². The largest absolute Gasteiger partial charge is 0.379 e. The fraction of sp³-hybridized carbons (Fsp3) is 0.732. The van der Waals surface area contributed by atoms with Crippen molar-refractivity contribution >= 4 is 22.7 Å². The summed E-state index contributed by atoms with van der Waals surface area (Å²) in [4.78, 5) is 35.0. The van der Waals surface area contributed by atoms with Gasteiger partial charge in [0.15, 0.2) is 5.69 Å². The zero-order valence-electron chi connectivity index (χ0n) is 37.0. The van der Waals surface area contributed by atoms with Crippen LogP contribution >= 0.6 is 0 Å². The van der Waals surface area contributed by atoms with Gasteiger partial charge in [0.1, 0.15) is 6.04 Å². The van der Waals surface area contributed by atoms with E-state index in [1.807, 2.05) is 37.3 Å². The number of nitrogens with zero attached hydrogens (tertiary/aromatic N) is 9. The number of nitrogens with one attached hydrogen (secondary N) is 2. The van der Waals surface area contributed by atoms with Crippen molar-refractivity contribution < 1.29 is 47.5 Å². The van der Waals surface area contributed by atoms with Gasteiger partial charge in [-0.3, -0.25) is 19.2 Å². The summed E-state index contributed by atoms with van der Waals surface area (Å²) in [5, 5.41) is 18.1. The number of allylic oxidation sites excluding steroid dienone is 1. The summed E-state index contributed by atoms with van der Waals surface area (Å²) < 4.78 is 46.5. The molecule has 0 saturated carbocycles. The first-order valence-corrected chi connectivity index (χ1v) is 21.3. The molecule has 0 spiro atoms. The van der Waals surface area contributed by atoms with Gasteiger partial charge in [-0.05, 0) is 42.3 Å². The van der Waals surface area contributed by atoms with Crippen LogP contribution in [0.15, 0.2) is 47.1 Å². The van der Waals surface area contributed by atoms with Crippen LogP contribution in [0.4, 0.5) is 0 Å². The van der Waals surface area contributed by atoms with Gasteiger partial charge in [-0.15, -0.1) is 6.58 Å². The van der Waals surface area contributed by atoms with E-state index in [2.05, 4.69) is 47.3 Å². The first-order chi connectivity index (χ1) is 30.3. The monoisotopic (exact) mass is 876 g/mol. The minimum Gasteiger partial charge on any atom is -0.379 e. The lowest BCUT2D eigenvalue weighted by Gasteiger charge is -2.32. The Hall–Kier alpha value is -4.37. The van der Waals surface area contributed by atoms with E-state index in [1.165, 1.54) is 0 Å². The predicted molar refractivity (Wildman–Crippen MR) is 234 cm³/mol. The van der Waals surface area contributed by atoms with Gasteiger partial charge in [0, 0.05) is 67.6 Å². The van der Waals surface area contributed by atoms with Gasteiger partial charge in [0.25, 0.3) is 5.91 Å². The van der Waals surface area contributed by atoms with E-state index < -0.39 is 23.3 Å². The Balaban J connectivity index is 1.77. The van der Waals surface area contributed by atoms with Gasteiger partial charge in [-0.1, -0.05) is 48.4 Å². The second-order valence-corrected chi connectivity index (χ2v) is 14.4. The van der Waals surface area contributed by atoms with Crippen molar-refractivity contribution in [1.29, 1.82) is 0 Å². The van der Waals surface area contributed by atoms with Crippen LogP contribution in [-0.2, 0) is 49.2 Å². The van der Waals surface area contributed by atoms with E-state index in [1.54, 1.807) is 18.5 Å². The lowest BCUT2D eigenvalue weighted by atomic mass is 9.83. The third kappa shape index (κ3) is 23.7. The van der Waals surface area contributed by atoms with Crippen molar-refractivity contribution in [1.82, 2.24) is 25.3 Å². The summed E-state index contributed by atoms with van der Waals surface area (Å²) in [6.07, 6.45) is 3.46. The van der Waals surface area contributed by atoms with E-state index in [9.17, 15) is 9.59 Å². The van der Waals surface area contributed by atoms with E-state index in [4.69, 9.17) is 49.0 Å². The molecule has 1 aromatic carbocycles. The third-order valence-electron chi connectivity index (χ3n) is 9.18. The first-order valence-electron chi connectivity index (χ1n) is 21.3. The topological polar surface area (TPSA) is 251 Å². The fourth-order valence-corrected chi connectivity index (χ4v) is 5.83. The molecule has 0 aliphatic rings. The van der Waals surface area contributed by atoms with Crippen LogP contribution in [0.25, 0.3) is 31.8 Å². The van der Waals surface area contributed by atoms with E-state index >= 15 is 0 Å². The maximum Gasteiger partial charge on any atom is 0.273 e. The Morgan fingerprint density at radius 1 is 0.806 bits per heavy atom. The number of carbonyl (C=O) groups excluding carboxylic acids is 2. The highest BCUT2D eigenvalue weighted by Gasteiger charge is 2.37. The van der Waals surface area contributed by atoms with Crippen LogP contribution in [0.2, 0.25) is 0 Å². The molecule has 2 amide bonds. The van der Waals surface area contributed by atoms with Crippen molar-refractivity contribution in [3.8, 4) is 0 Å². The van der Waals surface area contributed by atoms with Crippen LogP contribution in [0.3, 0.4) is 0 Å². The predicted octanol–water partition coefficient (Wildman–Crippen LogP) is 4.32. The normalized spacial score (nSPS) is 11.9. The molecule has 0 radical (unpaired) electrons. The van der Waals surface area contributed by atoms with Crippen molar-refractivity contribution in [3.05, 3.63) is 63.5 Å². The molecule has 0 bridgehead atoms. The Kier molecular flexibility index (Phi) is 30.5. The van der Waals surface area contributed by atoms with Crippen molar-refractivity contribution in [2.45, 2.75) is 46.2 Å². The number of rotatable bonds is 41. The molecular weight excluding hydrogens is 807 g/mol. The first kappa shape index (κ1) is 53.8. The molecule has 0 fully saturated rings. The molecule has 1 atom stereocenters. The van der Waals surface area contributed by atoms with Gasteiger partial charge in [0.2, 0.25) is 5.91 Å². The van der Waals surface area contributed by atoms with Gasteiger partial charge in [-0.25, -0.2) is 0 Å². The van der Waals surface area contributed by atoms with Crippen LogP contribution in [0.5, 0.6) is 0 Å². The molecule has 348 valence electrons. The molecule has 2 N–H and O–H groups in total. The van der Waals surface area contributed by atoms with Crippen LogP contribution in [-0.4, -0.2) is 178 Å². The van der Waals surface area contributed by atoms with Gasteiger partial charge in [-0.2, -0.15) is 5.10 Å². The average molecular weight is 876 g/mol. The SMILES string of the molecule is C=CCCCn1nc(C(=O)N[C@H](C(=O)NCCOCCOCCN(CCOCCOCCOCC)CCOCCOCCOCCN=[N+]=[N-])C(C)(C)CN=[N+]=[N-])c2ccccc21. The lowest BCUT2D eigenvalue weighted by Crippen LogP contribution is -2.56. The molecule has 1 heterocycles. The molecule has 0 aliphatic heterocycles. The Labute approximate surface area is 365 Å².